The van der Waals surface area contributed by atoms with Gasteiger partial charge in [0, 0.05) is 5.69 Å². The quantitative estimate of drug-likeness (QED) is 0.659. The Morgan fingerprint density at radius 2 is 1.75 bits per heavy atom. The van der Waals surface area contributed by atoms with Crippen LogP contribution < -0.4 is 10.1 Å². The summed E-state index contributed by atoms with van der Waals surface area (Å²) in [6.07, 6.45) is 1.66. The Morgan fingerprint density at radius 1 is 1.12 bits per heavy atom. The summed E-state index contributed by atoms with van der Waals surface area (Å²) in [4.78, 5) is 12.2. The van der Waals surface area contributed by atoms with Crippen molar-refractivity contribution < 1.29 is 9.53 Å². The van der Waals surface area contributed by atoms with E-state index in [-0.39, 0.29) is 11.7 Å². The van der Waals surface area contributed by atoms with Crippen LogP contribution in [0.3, 0.4) is 0 Å². The summed E-state index contributed by atoms with van der Waals surface area (Å²) in [5.41, 5.74) is 2.58. The van der Waals surface area contributed by atoms with E-state index in [0.717, 1.165) is 16.9 Å². The van der Waals surface area contributed by atoms with Crippen molar-refractivity contribution in [1.82, 2.24) is 0 Å². The van der Waals surface area contributed by atoms with Crippen LogP contribution in [0.5, 0.6) is 5.75 Å². The smallest absolute Gasteiger partial charge is 0.266 e. The minimum atomic E-state index is -0.427. The van der Waals surface area contributed by atoms with Gasteiger partial charge in [0.25, 0.3) is 5.91 Å². The van der Waals surface area contributed by atoms with Gasteiger partial charge >= 0.3 is 0 Å². The molecule has 122 valence electrons. The molecule has 2 aromatic rings. The molecule has 24 heavy (non-hydrogen) atoms. The standard InChI is InChI=1S/C20H20N2O2/c1-14(2)24-19-10-6-16(7-11-19)12-17(13-21)20(23)22-18-8-4-15(3)5-9-18/h4-12,14H,1-3H3,(H,22,23)/b17-12+. The predicted molar refractivity (Wildman–Crippen MR) is 95.6 cm³/mol. The molecule has 0 bridgehead atoms. The zero-order chi connectivity index (χ0) is 17.5. The molecule has 2 rings (SSSR count). The SMILES string of the molecule is Cc1ccc(NC(=O)/C(C#N)=C/c2ccc(OC(C)C)cc2)cc1. The Bertz CT molecular complexity index is 767. The Morgan fingerprint density at radius 3 is 2.29 bits per heavy atom. The lowest BCUT2D eigenvalue weighted by molar-refractivity contribution is -0.112. The molecule has 0 aromatic heterocycles. The van der Waals surface area contributed by atoms with Crippen molar-refractivity contribution in [3.63, 3.8) is 0 Å². The normalized spacial score (nSPS) is 11.0. The lowest BCUT2D eigenvalue weighted by atomic mass is 10.1. The van der Waals surface area contributed by atoms with Gasteiger partial charge < -0.3 is 10.1 Å². The summed E-state index contributed by atoms with van der Waals surface area (Å²) in [6.45, 7) is 5.88. The number of benzene rings is 2. The van der Waals surface area contributed by atoms with Crippen molar-refractivity contribution in [3.8, 4) is 11.8 Å². The largest absolute Gasteiger partial charge is 0.491 e. The van der Waals surface area contributed by atoms with E-state index in [2.05, 4.69) is 5.32 Å². The maximum absolute atomic E-state index is 12.2. The maximum atomic E-state index is 12.2. The first kappa shape index (κ1) is 17.3. The van der Waals surface area contributed by atoms with Crippen molar-refractivity contribution in [2.24, 2.45) is 0 Å². The lowest BCUT2D eigenvalue weighted by Crippen LogP contribution is -2.13. The second kappa shape index (κ2) is 7.98. The van der Waals surface area contributed by atoms with Crippen LogP contribution in [0.4, 0.5) is 5.69 Å². The third kappa shape index (κ3) is 4.99. The fraction of sp³-hybridized carbons (Fsp3) is 0.200. The van der Waals surface area contributed by atoms with Crippen LogP contribution in [0.1, 0.15) is 25.0 Å². The van der Waals surface area contributed by atoms with Crippen molar-refractivity contribution in [2.75, 3.05) is 5.32 Å². The highest BCUT2D eigenvalue weighted by atomic mass is 16.5. The molecule has 4 heteroatoms. The molecule has 1 N–H and O–H groups in total. The van der Waals surface area contributed by atoms with Crippen LogP contribution in [-0.2, 0) is 4.79 Å². The molecule has 0 atom stereocenters. The van der Waals surface area contributed by atoms with E-state index in [1.54, 1.807) is 18.2 Å². The second-order valence-electron chi connectivity index (χ2n) is 5.73. The molecule has 0 aliphatic carbocycles. The number of hydrogen-bond donors (Lipinski definition) is 1. The first-order valence-electron chi connectivity index (χ1n) is 7.74. The summed E-state index contributed by atoms with van der Waals surface area (Å²) in [7, 11) is 0. The molecular formula is C20H20N2O2. The van der Waals surface area contributed by atoms with E-state index in [1.165, 1.54) is 0 Å². The third-order valence-corrected chi connectivity index (χ3v) is 3.24. The van der Waals surface area contributed by atoms with Crippen molar-refractivity contribution in [2.45, 2.75) is 26.9 Å². The highest BCUT2D eigenvalue weighted by Gasteiger charge is 2.09. The van der Waals surface area contributed by atoms with Gasteiger partial charge in [-0.05, 0) is 56.7 Å². The highest BCUT2D eigenvalue weighted by molar-refractivity contribution is 6.09. The van der Waals surface area contributed by atoms with Crippen molar-refractivity contribution >= 4 is 17.7 Å². The van der Waals surface area contributed by atoms with Gasteiger partial charge in [-0.1, -0.05) is 29.8 Å². The van der Waals surface area contributed by atoms with Gasteiger partial charge in [-0.2, -0.15) is 5.26 Å². The van der Waals surface area contributed by atoms with Gasteiger partial charge in [0.15, 0.2) is 0 Å². The molecule has 2 aromatic carbocycles. The topological polar surface area (TPSA) is 62.1 Å². The Kier molecular flexibility index (Phi) is 5.75. The molecule has 0 unspecified atom stereocenters. The fourth-order valence-electron chi connectivity index (χ4n) is 2.07. The molecule has 0 spiro atoms. The van der Waals surface area contributed by atoms with E-state index in [1.807, 2.05) is 63.2 Å². The highest BCUT2D eigenvalue weighted by Crippen LogP contribution is 2.17. The molecule has 4 nitrogen and oxygen atoms in total. The van der Waals surface area contributed by atoms with E-state index < -0.39 is 5.91 Å². The van der Waals surface area contributed by atoms with Crippen LogP contribution in [0.25, 0.3) is 6.08 Å². The number of amides is 1. The van der Waals surface area contributed by atoms with Gasteiger partial charge in [0.05, 0.1) is 6.10 Å². The van der Waals surface area contributed by atoms with Crippen LogP contribution in [-0.4, -0.2) is 12.0 Å². The summed E-state index contributed by atoms with van der Waals surface area (Å²) in [5, 5.41) is 12.0. The summed E-state index contributed by atoms with van der Waals surface area (Å²) in [5.74, 6) is 0.327. The molecule has 0 aliphatic rings. The average Bonchev–Trinajstić information content (AvgIpc) is 2.55. The third-order valence-electron chi connectivity index (χ3n) is 3.24. The Hall–Kier alpha value is -3.06. The Balaban J connectivity index is 2.11. The molecule has 0 fully saturated rings. The van der Waals surface area contributed by atoms with Crippen LogP contribution >= 0.6 is 0 Å². The number of hydrogen-bond acceptors (Lipinski definition) is 3. The molecule has 0 aliphatic heterocycles. The minimum absolute atomic E-state index is 0.0492. The fourth-order valence-corrected chi connectivity index (χ4v) is 2.07. The van der Waals surface area contributed by atoms with E-state index in [0.29, 0.717) is 5.69 Å². The average molecular weight is 320 g/mol. The van der Waals surface area contributed by atoms with E-state index in [4.69, 9.17) is 4.74 Å². The molecule has 0 radical (unpaired) electrons. The van der Waals surface area contributed by atoms with Crippen LogP contribution in [0.2, 0.25) is 0 Å². The molecule has 0 saturated carbocycles. The van der Waals surface area contributed by atoms with E-state index >= 15 is 0 Å². The van der Waals surface area contributed by atoms with Gasteiger partial charge in [0.1, 0.15) is 17.4 Å². The monoisotopic (exact) mass is 320 g/mol. The molecule has 0 heterocycles. The second-order valence-corrected chi connectivity index (χ2v) is 5.73. The molecule has 0 saturated heterocycles. The summed E-state index contributed by atoms with van der Waals surface area (Å²) in [6, 6.07) is 16.6. The number of carbonyl (C=O) groups excluding carboxylic acids is 1. The zero-order valence-corrected chi connectivity index (χ0v) is 14.0. The maximum Gasteiger partial charge on any atom is 0.266 e. The number of ether oxygens (including phenoxy) is 1. The van der Waals surface area contributed by atoms with Crippen molar-refractivity contribution in [3.05, 3.63) is 65.2 Å². The number of nitriles is 1. The van der Waals surface area contributed by atoms with Gasteiger partial charge in [-0.15, -0.1) is 0 Å². The number of aryl methyl sites for hydroxylation is 1. The number of anilines is 1. The first-order valence-corrected chi connectivity index (χ1v) is 7.74. The number of carbonyl (C=O) groups is 1. The van der Waals surface area contributed by atoms with Gasteiger partial charge in [-0.25, -0.2) is 0 Å². The molecular weight excluding hydrogens is 300 g/mol. The first-order chi connectivity index (χ1) is 11.5. The number of nitrogens with one attached hydrogen (secondary N) is 1. The predicted octanol–water partition coefficient (Wildman–Crippen LogP) is 4.33. The van der Waals surface area contributed by atoms with Crippen molar-refractivity contribution in [1.29, 1.82) is 5.26 Å². The van der Waals surface area contributed by atoms with Crippen LogP contribution in [0.15, 0.2) is 54.1 Å². The summed E-state index contributed by atoms with van der Waals surface area (Å²) < 4.78 is 5.57. The van der Waals surface area contributed by atoms with Gasteiger partial charge in [0.2, 0.25) is 0 Å². The zero-order valence-electron chi connectivity index (χ0n) is 14.0. The summed E-state index contributed by atoms with van der Waals surface area (Å²) >= 11 is 0. The van der Waals surface area contributed by atoms with Gasteiger partial charge in [-0.3, -0.25) is 4.79 Å². The number of rotatable bonds is 5. The Labute approximate surface area is 142 Å². The molecule has 1 amide bonds. The van der Waals surface area contributed by atoms with Crippen LogP contribution in [0, 0.1) is 18.3 Å². The van der Waals surface area contributed by atoms with E-state index in [9.17, 15) is 10.1 Å². The minimum Gasteiger partial charge on any atom is -0.491 e. The lowest BCUT2D eigenvalue weighted by Gasteiger charge is -2.09. The number of nitrogens with zero attached hydrogens (tertiary/aromatic N) is 1.